The first-order chi connectivity index (χ1) is 27.4. The number of nitrogens with zero attached hydrogens (tertiary/aromatic N) is 6. The van der Waals surface area contributed by atoms with Crippen LogP contribution in [-0.2, 0) is 28.8 Å². The molecule has 6 heterocycles. The molecule has 7 rings (SSSR count). The first kappa shape index (κ1) is 41.2. The summed E-state index contributed by atoms with van der Waals surface area (Å²) in [6.07, 6.45) is 16.8. The van der Waals surface area contributed by atoms with Crippen molar-refractivity contribution in [2.45, 2.75) is 102 Å². The van der Waals surface area contributed by atoms with E-state index in [0.29, 0.717) is 81.9 Å². The van der Waals surface area contributed by atoms with Crippen LogP contribution in [0.15, 0.2) is 23.9 Å². The Morgan fingerprint density at radius 3 is 1.44 bits per heavy atom. The molecule has 0 radical (unpaired) electrons. The lowest BCUT2D eigenvalue weighted by molar-refractivity contribution is -0.142. The van der Waals surface area contributed by atoms with Gasteiger partial charge >= 0.3 is 0 Å². The van der Waals surface area contributed by atoms with E-state index in [1.165, 1.54) is 0 Å². The Hall–Kier alpha value is -3.98. The second kappa shape index (κ2) is 18.3. The van der Waals surface area contributed by atoms with Crippen LogP contribution >= 0.6 is 0 Å². The van der Waals surface area contributed by atoms with Crippen LogP contribution in [0.3, 0.4) is 0 Å². The van der Waals surface area contributed by atoms with Crippen molar-refractivity contribution in [1.29, 1.82) is 0 Å². The van der Waals surface area contributed by atoms with Crippen LogP contribution in [0.1, 0.15) is 83.5 Å². The molecular formula is C42H65N9O6. The Morgan fingerprint density at radius 1 is 0.544 bits per heavy atom. The minimum Gasteiger partial charge on any atom is -0.373 e. The van der Waals surface area contributed by atoms with E-state index in [9.17, 15) is 28.8 Å². The summed E-state index contributed by atoms with van der Waals surface area (Å²) in [6.45, 7) is 8.33. The number of likely N-dealkylation sites (tertiary alicyclic amines) is 5. The molecule has 0 aromatic rings. The Morgan fingerprint density at radius 2 is 0.965 bits per heavy atom. The summed E-state index contributed by atoms with van der Waals surface area (Å²) in [4.78, 5) is 89.5. The second-order valence-corrected chi connectivity index (χ2v) is 18.2. The van der Waals surface area contributed by atoms with E-state index < -0.39 is 35.8 Å². The van der Waals surface area contributed by atoms with Gasteiger partial charge in [-0.2, -0.15) is 0 Å². The molecule has 0 aromatic heterocycles. The number of rotatable bonds is 12. The highest BCUT2D eigenvalue weighted by Crippen LogP contribution is 2.37. The Bertz CT molecular complexity index is 1530. The lowest BCUT2D eigenvalue weighted by Crippen LogP contribution is -2.51. The molecule has 0 aromatic carbocycles. The maximum atomic E-state index is 13.7. The fourth-order valence-corrected chi connectivity index (χ4v) is 11.5. The first-order valence-corrected chi connectivity index (χ1v) is 21.8. The van der Waals surface area contributed by atoms with Gasteiger partial charge in [0, 0.05) is 65.1 Å². The van der Waals surface area contributed by atoms with Crippen LogP contribution in [0.4, 0.5) is 0 Å². The molecule has 7 aliphatic rings. The molecule has 1 saturated carbocycles. The molecule has 0 bridgehead atoms. The van der Waals surface area contributed by atoms with Crippen molar-refractivity contribution in [2.75, 3.05) is 72.0 Å². The average Bonchev–Trinajstić information content (AvgIpc) is 3.99. The average molecular weight is 792 g/mol. The highest BCUT2D eigenvalue weighted by Gasteiger charge is 2.41. The van der Waals surface area contributed by atoms with Crippen molar-refractivity contribution in [2.24, 2.45) is 46.8 Å². The van der Waals surface area contributed by atoms with Gasteiger partial charge < -0.3 is 46.6 Å². The van der Waals surface area contributed by atoms with Crippen molar-refractivity contribution in [3.63, 3.8) is 0 Å². The molecule has 15 heteroatoms. The molecule has 6 fully saturated rings. The van der Waals surface area contributed by atoms with Crippen LogP contribution in [0.5, 0.6) is 0 Å². The smallest absolute Gasteiger partial charge is 0.255 e. The summed E-state index contributed by atoms with van der Waals surface area (Å²) < 4.78 is 0. The summed E-state index contributed by atoms with van der Waals surface area (Å²) >= 11 is 0. The van der Waals surface area contributed by atoms with E-state index in [0.717, 1.165) is 96.9 Å². The zero-order valence-corrected chi connectivity index (χ0v) is 33.7. The van der Waals surface area contributed by atoms with E-state index in [4.69, 9.17) is 17.2 Å². The van der Waals surface area contributed by atoms with Crippen molar-refractivity contribution >= 4 is 35.4 Å². The summed E-state index contributed by atoms with van der Waals surface area (Å²) in [5.74, 6) is -0.341. The standard InChI is InChI=1S/C42H65N9O6/c43-37(52)34-10-4-16-49(34)40(55)31-7-1-13-46(25-31)22-28-19-29(23-47-14-2-8-32(26-47)41(56)50-17-5-11-35(50)38(44)53)21-30(20-28)24-48-15-3-9-33(27-48)42(57)51-18-6-12-36(51)39(45)54/h1,7,25,28-30,32-36H,2-6,8-24,26-27H2,(H2,43,52)(H2,44,53)(H2,45,54). The van der Waals surface area contributed by atoms with Gasteiger partial charge in [-0.25, -0.2) is 0 Å². The third-order valence-corrected chi connectivity index (χ3v) is 14.0. The summed E-state index contributed by atoms with van der Waals surface area (Å²) in [5, 5.41) is 0. The molecule has 6 N–H and O–H groups in total. The van der Waals surface area contributed by atoms with Gasteiger partial charge in [-0.05, 0) is 114 Å². The van der Waals surface area contributed by atoms with Crippen molar-refractivity contribution in [3.8, 4) is 0 Å². The molecule has 15 nitrogen and oxygen atoms in total. The lowest BCUT2D eigenvalue weighted by Gasteiger charge is -2.43. The maximum Gasteiger partial charge on any atom is 0.255 e. The minimum atomic E-state index is -0.559. The van der Waals surface area contributed by atoms with Gasteiger partial charge in [0.1, 0.15) is 18.1 Å². The Labute approximate surface area is 337 Å². The molecule has 7 unspecified atom stereocenters. The molecular weight excluding hydrogens is 727 g/mol. The second-order valence-electron chi connectivity index (χ2n) is 18.2. The zero-order chi connectivity index (χ0) is 40.2. The largest absolute Gasteiger partial charge is 0.373 e. The molecule has 5 saturated heterocycles. The SMILES string of the molecule is NC(=O)C1CCCN1C(=O)C1=CN(CC2CC(CN3CCCC(C(=O)N4CCCC4C(N)=O)C3)CC(CN3CCCC(C(=O)N4CCCC4C(N)=O)C3)C2)CC=C1. The van der Waals surface area contributed by atoms with E-state index in [1.54, 1.807) is 14.7 Å². The Kier molecular flexibility index (Phi) is 13.2. The molecule has 1 aliphatic carbocycles. The van der Waals surface area contributed by atoms with Crippen LogP contribution < -0.4 is 17.2 Å². The summed E-state index contributed by atoms with van der Waals surface area (Å²) in [5.41, 5.74) is 17.6. The van der Waals surface area contributed by atoms with Crippen LogP contribution in [0.2, 0.25) is 0 Å². The van der Waals surface area contributed by atoms with Crippen LogP contribution in [0, 0.1) is 29.6 Å². The number of piperidine rings is 2. The van der Waals surface area contributed by atoms with E-state index in [2.05, 4.69) is 14.7 Å². The van der Waals surface area contributed by atoms with Crippen molar-refractivity contribution < 1.29 is 28.8 Å². The molecule has 0 spiro atoms. The molecule has 6 aliphatic heterocycles. The normalized spacial score (nSPS) is 32.7. The predicted molar refractivity (Wildman–Crippen MR) is 213 cm³/mol. The van der Waals surface area contributed by atoms with Gasteiger partial charge in [0.05, 0.1) is 17.4 Å². The molecule has 57 heavy (non-hydrogen) atoms. The van der Waals surface area contributed by atoms with Gasteiger partial charge in [0.15, 0.2) is 0 Å². The fourth-order valence-electron chi connectivity index (χ4n) is 11.5. The number of carbonyl (C=O) groups is 6. The van der Waals surface area contributed by atoms with Gasteiger partial charge in [0.2, 0.25) is 29.5 Å². The highest BCUT2D eigenvalue weighted by molar-refractivity contribution is 5.99. The minimum absolute atomic E-state index is 0.0667. The van der Waals surface area contributed by atoms with Crippen molar-refractivity contribution in [3.05, 3.63) is 23.9 Å². The third-order valence-electron chi connectivity index (χ3n) is 14.0. The zero-order valence-electron chi connectivity index (χ0n) is 33.7. The molecule has 7 atom stereocenters. The highest BCUT2D eigenvalue weighted by atomic mass is 16.2. The fraction of sp³-hybridized carbons (Fsp3) is 0.762. The van der Waals surface area contributed by atoms with Crippen LogP contribution in [-0.4, -0.2) is 155 Å². The van der Waals surface area contributed by atoms with Gasteiger partial charge in [0.25, 0.3) is 5.91 Å². The monoisotopic (exact) mass is 792 g/mol. The van der Waals surface area contributed by atoms with Crippen LogP contribution in [0.25, 0.3) is 0 Å². The Balaban J connectivity index is 1.02. The number of carbonyl (C=O) groups excluding carboxylic acids is 6. The number of primary amides is 3. The van der Waals surface area contributed by atoms with Gasteiger partial charge in [-0.15, -0.1) is 0 Å². The van der Waals surface area contributed by atoms with E-state index in [-0.39, 0.29) is 29.6 Å². The number of nitrogens with two attached hydrogens (primary N) is 3. The maximum absolute atomic E-state index is 13.7. The number of hydrogen-bond acceptors (Lipinski definition) is 9. The van der Waals surface area contributed by atoms with Gasteiger partial charge in [-0.1, -0.05) is 12.2 Å². The lowest BCUT2D eigenvalue weighted by atomic mass is 9.74. The topological polar surface area (TPSA) is 200 Å². The molecule has 314 valence electrons. The van der Waals surface area contributed by atoms with E-state index >= 15 is 0 Å². The number of hydrogen-bond donors (Lipinski definition) is 3. The molecule has 6 amide bonds. The van der Waals surface area contributed by atoms with Crippen molar-refractivity contribution in [1.82, 2.24) is 29.4 Å². The van der Waals surface area contributed by atoms with E-state index in [1.807, 2.05) is 18.4 Å². The first-order valence-electron chi connectivity index (χ1n) is 21.8. The predicted octanol–water partition coefficient (Wildman–Crippen LogP) is 0.628. The summed E-state index contributed by atoms with van der Waals surface area (Å²) in [6, 6.07) is -1.55. The quantitative estimate of drug-likeness (QED) is 0.254. The third kappa shape index (κ3) is 9.67. The van der Waals surface area contributed by atoms with Gasteiger partial charge in [-0.3, -0.25) is 28.8 Å². The summed E-state index contributed by atoms with van der Waals surface area (Å²) in [7, 11) is 0. The number of amides is 6.